The number of rotatable bonds is 0. The normalized spacial score (nSPS) is 21.1. The van der Waals surface area contributed by atoms with Crippen molar-refractivity contribution in [2.75, 3.05) is 0 Å². The number of aromatic hydroxyl groups is 1. The molecule has 0 bridgehead atoms. The van der Waals surface area contributed by atoms with Gasteiger partial charge in [-0.2, -0.15) is 0 Å². The summed E-state index contributed by atoms with van der Waals surface area (Å²) >= 11 is 0. The molecule has 1 aliphatic rings. The topological polar surface area (TPSA) is 33.1 Å². The second-order valence-corrected chi connectivity index (χ2v) is 5.61. The molecule has 2 heteroatoms. The minimum absolute atomic E-state index is 0.295. The fourth-order valence-corrected chi connectivity index (χ4v) is 2.35. The van der Waals surface area contributed by atoms with Crippen molar-refractivity contribution in [3.05, 3.63) is 23.5 Å². The molecular weight excluding hydrogens is 186 g/mol. The summed E-state index contributed by atoms with van der Waals surface area (Å²) in [6.45, 7) is 6.87. The molecule has 0 unspecified atom stereocenters. The third-order valence-corrected chi connectivity index (χ3v) is 3.47. The van der Waals surface area contributed by atoms with Crippen molar-refractivity contribution in [2.45, 2.75) is 40.0 Å². The standard InChI is InChI=1S/C13H19NO/c1-13(2,3)10-4-5-12-9(6-10)7-11(15)8-14-12/h7-8,10,15H,4-6H2,1-3H3/t10-/m1/s1. The van der Waals surface area contributed by atoms with Gasteiger partial charge < -0.3 is 5.11 Å². The number of aromatic nitrogens is 1. The first-order chi connectivity index (χ1) is 6.97. The van der Waals surface area contributed by atoms with Crippen LogP contribution in [0.3, 0.4) is 0 Å². The molecule has 0 aromatic carbocycles. The van der Waals surface area contributed by atoms with Gasteiger partial charge in [0.25, 0.3) is 0 Å². The Bertz CT molecular complexity index is 365. The lowest BCUT2D eigenvalue weighted by atomic mass is 9.71. The highest BCUT2D eigenvalue weighted by atomic mass is 16.3. The Labute approximate surface area is 91.4 Å². The maximum Gasteiger partial charge on any atom is 0.134 e. The van der Waals surface area contributed by atoms with Gasteiger partial charge in [-0.15, -0.1) is 0 Å². The number of hydrogen-bond acceptors (Lipinski definition) is 2. The van der Waals surface area contributed by atoms with Crippen molar-refractivity contribution in [2.24, 2.45) is 11.3 Å². The Morgan fingerprint density at radius 1 is 1.40 bits per heavy atom. The van der Waals surface area contributed by atoms with Crippen molar-refractivity contribution in [3.63, 3.8) is 0 Å². The van der Waals surface area contributed by atoms with Crippen LogP contribution >= 0.6 is 0 Å². The van der Waals surface area contributed by atoms with Crippen LogP contribution in [0, 0.1) is 11.3 Å². The second kappa shape index (κ2) is 3.51. The van der Waals surface area contributed by atoms with Crippen LogP contribution in [0.4, 0.5) is 0 Å². The molecule has 0 saturated carbocycles. The van der Waals surface area contributed by atoms with E-state index in [0.29, 0.717) is 17.1 Å². The minimum atomic E-state index is 0.295. The number of fused-ring (bicyclic) bond motifs is 1. The quantitative estimate of drug-likeness (QED) is 0.706. The van der Waals surface area contributed by atoms with Gasteiger partial charge in [0.1, 0.15) is 5.75 Å². The van der Waals surface area contributed by atoms with E-state index in [4.69, 9.17) is 0 Å². The van der Waals surface area contributed by atoms with E-state index < -0.39 is 0 Å². The summed E-state index contributed by atoms with van der Waals surface area (Å²) in [5, 5.41) is 9.41. The molecular formula is C13H19NO. The summed E-state index contributed by atoms with van der Waals surface area (Å²) in [5.74, 6) is 0.997. The summed E-state index contributed by atoms with van der Waals surface area (Å²) in [5.41, 5.74) is 2.76. The maximum atomic E-state index is 9.41. The zero-order valence-electron chi connectivity index (χ0n) is 9.75. The van der Waals surface area contributed by atoms with Crippen molar-refractivity contribution in [1.82, 2.24) is 4.98 Å². The molecule has 2 rings (SSSR count). The van der Waals surface area contributed by atoms with Crippen molar-refractivity contribution in [3.8, 4) is 5.75 Å². The molecule has 0 aliphatic heterocycles. The monoisotopic (exact) mass is 205 g/mol. The number of pyridine rings is 1. The lowest BCUT2D eigenvalue weighted by Gasteiger charge is -2.34. The Morgan fingerprint density at radius 2 is 2.13 bits per heavy atom. The van der Waals surface area contributed by atoms with Gasteiger partial charge >= 0.3 is 0 Å². The third kappa shape index (κ3) is 2.14. The van der Waals surface area contributed by atoms with Crippen LogP contribution in [-0.4, -0.2) is 10.1 Å². The molecule has 0 spiro atoms. The summed E-state index contributed by atoms with van der Waals surface area (Å²) in [6.07, 6.45) is 4.88. The molecule has 1 heterocycles. The molecule has 0 saturated heterocycles. The van der Waals surface area contributed by atoms with Gasteiger partial charge in [0, 0.05) is 5.69 Å². The van der Waals surface area contributed by atoms with Gasteiger partial charge in [0.05, 0.1) is 6.20 Å². The molecule has 2 nitrogen and oxygen atoms in total. The molecule has 1 aromatic heterocycles. The van der Waals surface area contributed by atoms with Crippen LogP contribution < -0.4 is 0 Å². The second-order valence-electron chi connectivity index (χ2n) is 5.61. The molecule has 1 aliphatic carbocycles. The molecule has 1 aromatic rings. The summed E-state index contributed by atoms with van der Waals surface area (Å²) in [4.78, 5) is 4.29. The van der Waals surface area contributed by atoms with Crippen LogP contribution in [0.1, 0.15) is 38.4 Å². The Morgan fingerprint density at radius 3 is 2.80 bits per heavy atom. The molecule has 0 radical (unpaired) electrons. The number of aryl methyl sites for hydroxylation is 1. The molecule has 1 atom stereocenters. The van der Waals surface area contributed by atoms with Crippen LogP contribution in [-0.2, 0) is 12.8 Å². The summed E-state index contributed by atoms with van der Waals surface area (Å²) in [6, 6.07) is 1.88. The fourth-order valence-electron chi connectivity index (χ4n) is 2.35. The van der Waals surface area contributed by atoms with E-state index in [1.165, 1.54) is 17.7 Å². The Hall–Kier alpha value is -1.05. The molecule has 0 fully saturated rings. The lowest BCUT2D eigenvalue weighted by Crippen LogP contribution is -2.27. The van der Waals surface area contributed by atoms with Crippen LogP contribution in [0.2, 0.25) is 0 Å². The predicted octanol–water partition coefficient (Wildman–Crippen LogP) is 2.94. The summed E-state index contributed by atoms with van der Waals surface area (Å²) < 4.78 is 0. The van der Waals surface area contributed by atoms with Crippen LogP contribution in [0.25, 0.3) is 0 Å². The smallest absolute Gasteiger partial charge is 0.134 e. The lowest BCUT2D eigenvalue weighted by molar-refractivity contribution is 0.214. The van der Waals surface area contributed by atoms with E-state index in [9.17, 15) is 5.11 Å². The molecule has 1 N–H and O–H groups in total. The summed E-state index contributed by atoms with van der Waals surface area (Å²) in [7, 11) is 0. The van der Waals surface area contributed by atoms with E-state index in [2.05, 4.69) is 25.8 Å². The SMILES string of the molecule is CC(C)(C)[C@@H]1CCc2ncc(O)cc2C1. The molecule has 82 valence electrons. The average Bonchev–Trinajstić information content (AvgIpc) is 2.15. The van der Waals surface area contributed by atoms with Gasteiger partial charge in [0.2, 0.25) is 0 Å². The van der Waals surface area contributed by atoms with Crippen molar-refractivity contribution >= 4 is 0 Å². The van der Waals surface area contributed by atoms with E-state index in [1.54, 1.807) is 6.20 Å². The van der Waals surface area contributed by atoms with Crippen molar-refractivity contribution < 1.29 is 5.11 Å². The highest BCUT2D eigenvalue weighted by Crippen LogP contribution is 2.37. The van der Waals surface area contributed by atoms with Gasteiger partial charge in [-0.05, 0) is 42.2 Å². The Balaban J connectivity index is 2.26. The van der Waals surface area contributed by atoms with Crippen molar-refractivity contribution in [1.29, 1.82) is 0 Å². The Kier molecular flexibility index (Phi) is 2.45. The first kappa shape index (κ1) is 10.5. The minimum Gasteiger partial charge on any atom is -0.506 e. The zero-order valence-corrected chi connectivity index (χ0v) is 9.75. The van der Waals surface area contributed by atoms with Gasteiger partial charge in [-0.1, -0.05) is 20.8 Å². The largest absolute Gasteiger partial charge is 0.506 e. The van der Waals surface area contributed by atoms with E-state index in [0.717, 1.165) is 12.8 Å². The van der Waals surface area contributed by atoms with Crippen LogP contribution in [0.5, 0.6) is 5.75 Å². The first-order valence-corrected chi connectivity index (χ1v) is 5.63. The fraction of sp³-hybridized carbons (Fsp3) is 0.615. The average molecular weight is 205 g/mol. The number of hydrogen-bond donors (Lipinski definition) is 1. The van der Waals surface area contributed by atoms with E-state index >= 15 is 0 Å². The first-order valence-electron chi connectivity index (χ1n) is 5.63. The highest BCUT2D eigenvalue weighted by Gasteiger charge is 2.29. The number of nitrogens with zero attached hydrogens (tertiary/aromatic N) is 1. The van der Waals surface area contributed by atoms with E-state index in [-0.39, 0.29) is 0 Å². The third-order valence-electron chi connectivity index (χ3n) is 3.47. The highest BCUT2D eigenvalue weighted by molar-refractivity contribution is 5.30. The van der Waals surface area contributed by atoms with Gasteiger partial charge in [0.15, 0.2) is 0 Å². The predicted molar refractivity (Wildman–Crippen MR) is 60.9 cm³/mol. The maximum absolute atomic E-state index is 9.41. The zero-order chi connectivity index (χ0) is 11.1. The van der Waals surface area contributed by atoms with Gasteiger partial charge in [-0.3, -0.25) is 4.98 Å². The van der Waals surface area contributed by atoms with Gasteiger partial charge in [-0.25, -0.2) is 0 Å². The van der Waals surface area contributed by atoms with Crippen LogP contribution in [0.15, 0.2) is 12.3 Å². The van der Waals surface area contributed by atoms with E-state index in [1.807, 2.05) is 6.07 Å². The molecule has 0 amide bonds. The molecule has 15 heavy (non-hydrogen) atoms.